The zero-order valence-corrected chi connectivity index (χ0v) is 11.3. The number of aliphatic hydroxyl groups is 1. The van der Waals surface area contributed by atoms with E-state index in [0.717, 1.165) is 28.0 Å². The number of rotatable bonds is 5. The number of nitrogens with one attached hydrogen (secondary N) is 1. The lowest BCUT2D eigenvalue weighted by molar-refractivity contribution is 0.174. The molecule has 1 atom stereocenters. The van der Waals surface area contributed by atoms with Crippen LogP contribution in [0.15, 0.2) is 16.6 Å². The van der Waals surface area contributed by atoms with Crippen LogP contribution in [0.25, 0.3) is 0 Å². The van der Waals surface area contributed by atoms with Crippen molar-refractivity contribution >= 4 is 15.9 Å². The Morgan fingerprint density at radius 3 is 2.76 bits per heavy atom. The van der Waals surface area contributed by atoms with Crippen LogP contribution in [0.2, 0.25) is 0 Å². The van der Waals surface area contributed by atoms with Gasteiger partial charge < -0.3 is 19.9 Å². The minimum Gasteiger partial charge on any atom is -0.454 e. The van der Waals surface area contributed by atoms with Crippen LogP contribution in [-0.4, -0.2) is 24.5 Å². The molecule has 0 fully saturated rings. The van der Waals surface area contributed by atoms with E-state index in [9.17, 15) is 0 Å². The number of aliphatic hydroxyl groups excluding tert-OH is 1. The Bertz CT molecular complexity index is 394. The van der Waals surface area contributed by atoms with E-state index in [1.807, 2.05) is 19.1 Å². The highest BCUT2D eigenvalue weighted by Crippen LogP contribution is 2.36. The molecule has 1 aliphatic heterocycles. The second-order valence-corrected chi connectivity index (χ2v) is 4.82. The van der Waals surface area contributed by atoms with Crippen molar-refractivity contribution in [2.75, 3.05) is 13.4 Å². The van der Waals surface area contributed by atoms with Gasteiger partial charge in [0.1, 0.15) is 0 Å². The molecule has 2 rings (SSSR count). The summed E-state index contributed by atoms with van der Waals surface area (Å²) in [5, 5.41) is 12.4. The van der Waals surface area contributed by atoms with Crippen LogP contribution in [0.4, 0.5) is 0 Å². The van der Waals surface area contributed by atoms with Crippen LogP contribution in [-0.2, 0) is 6.54 Å². The number of ether oxygens (including phenoxy) is 2. The molecule has 0 amide bonds. The third-order valence-electron chi connectivity index (χ3n) is 2.84. The standard InChI is InChI=1S/C12H16BrNO3/c1-2-9(6-15)14-5-8-3-11-12(4-10(8)13)17-7-16-11/h3-4,9,14-15H,2,5-7H2,1H3/t9-/m1/s1. The monoisotopic (exact) mass is 301 g/mol. The van der Waals surface area contributed by atoms with Gasteiger partial charge >= 0.3 is 0 Å². The number of fused-ring (bicyclic) bond motifs is 1. The summed E-state index contributed by atoms with van der Waals surface area (Å²) < 4.78 is 11.6. The van der Waals surface area contributed by atoms with Crippen molar-refractivity contribution in [1.82, 2.24) is 5.32 Å². The van der Waals surface area contributed by atoms with Crippen LogP contribution < -0.4 is 14.8 Å². The van der Waals surface area contributed by atoms with E-state index < -0.39 is 0 Å². The molecule has 0 saturated heterocycles. The highest BCUT2D eigenvalue weighted by molar-refractivity contribution is 9.10. The Morgan fingerprint density at radius 1 is 1.41 bits per heavy atom. The average Bonchev–Trinajstić information content (AvgIpc) is 2.77. The van der Waals surface area contributed by atoms with Crippen molar-refractivity contribution in [3.05, 3.63) is 22.2 Å². The molecule has 0 unspecified atom stereocenters. The molecule has 0 bridgehead atoms. The first-order chi connectivity index (χ1) is 8.24. The number of hydrogen-bond acceptors (Lipinski definition) is 4. The fourth-order valence-electron chi connectivity index (χ4n) is 1.69. The van der Waals surface area contributed by atoms with E-state index >= 15 is 0 Å². The molecule has 0 saturated carbocycles. The van der Waals surface area contributed by atoms with Gasteiger partial charge in [0.15, 0.2) is 11.5 Å². The van der Waals surface area contributed by atoms with E-state index in [1.165, 1.54) is 0 Å². The van der Waals surface area contributed by atoms with Crippen LogP contribution in [0.5, 0.6) is 11.5 Å². The van der Waals surface area contributed by atoms with E-state index in [-0.39, 0.29) is 19.4 Å². The largest absolute Gasteiger partial charge is 0.454 e. The van der Waals surface area contributed by atoms with Gasteiger partial charge in [-0.1, -0.05) is 22.9 Å². The molecule has 0 aliphatic carbocycles. The van der Waals surface area contributed by atoms with Crippen molar-refractivity contribution in [1.29, 1.82) is 0 Å². The molecule has 4 nitrogen and oxygen atoms in total. The molecule has 2 N–H and O–H groups in total. The molecule has 1 aliphatic rings. The highest BCUT2D eigenvalue weighted by atomic mass is 79.9. The summed E-state index contributed by atoms with van der Waals surface area (Å²) in [4.78, 5) is 0. The van der Waals surface area contributed by atoms with Gasteiger partial charge in [0.05, 0.1) is 6.61 Å². The molecule has 0 aromatic heterocycles. The lowest BCUT2D eigenvalue weighted by Gasteiger charge is -2.15. The molecule has 0 spiro atoms. The first kappa shape index (κ1) is 12.7. The Morgan fingerprint density at radius 2 is 2.12 bits per heavy atom. The zero-order valence-electron chi connectivity index (χ0n) is 9.70. The fourth-order valence-corrected chi connectivity index (χ4v) is 2.15. The second kappa shape index (κ2) is 5.71. The maximum Gasteiger partial charge on any atom is 0.231 e. The topological polar surface area (TPSA) is 50.7 Å². The predicted molar refractivity (Wildman–Crippen MR) is 68.3 cm³/mol. The second-order valence-electron chi connectivity index (χ2n) is 3.97. The van der Waals surface area contributed by atoms with Crippen LogP contribution in [0.3, 0.4) is 0 Å². The third-order valence-corrected chi connectivity index (χ3v) is 3.57. The number of hydrogen-bond donors (Lipinski definition) is 2. The van der Waals surface area contributed by atoms with Crippen molar-refractivity contribution < 1.29 is 14.6 Å². The Hall–Kier alpha value is -0.780. The summed E-state index contributed by atoms with van der Waals surface area (Å²) in [5.74, 6) is 1.55. The maximum absolute atomic E-state index is 9.11. The fraction of sp³-hybridized carbons (Fsp3) is 0.500. The molecule has 94 valence electrons. The Labute approximate surface area is 109 Å². The highest BCUT2D eigenvalue weighted by Gasteiger charge is 2.16. The third kappa shape index (κ3) is 2.91. The predicted octanol–water partition coefficient (Wildman–Crippen LogP) is 2.04. The minimum atomic E-state index is 0.132. The molecule has 1 aromatic rings. The average molecular weight is 302 g/mol. The minimum absolute atomic E-state index is 0.132. The van der Waals surface area contributed by atoms with E-state index in [2.05, 4.69) is 21.2 Å². The lowest BCUT2D eigenvalue weighted by Crippen LogP contribution is -2.31. The van der Waals surface area contributed by atoms with Gasteiger partial charge in [-0.3, -0.25) is 0 Å². The van der Waals surface area contributed by atoms with Gasteiger partial charge in [-0.2, -0.15) is 0 Å². The lowest BCUT2D eigenvalue weighted by atomic mass is 10.1. The van der Waals surface area contributed by atoms with Gasteiger partial charge in [-0.15, -0.1) is 0 Å². The van der Waals surface area contributed by atoms with Crippen molar-refractivity contribution in [2.45, 2.75) is 25.9 Å². The molecule has 5 heteroatoms. The number of halogens is 1. The summed E-state index contributed by atoms with van der Waals surface area (Å²) in [6.07, 6.45) is 0.901. The summed E-state index contributed by atoms with van der Waals surface area (Å²) in [7, 11) is 0. The zero-order chi connectivity index (χ0) is 12.3. The van der Waals surface area contributed by atoms with Crippen LogP contribution >= 0.6 is 15.9 Å². The molecule has 0 radical (unpaired) electrons. The SMILES string of the molecule is CC[C@H](CO)NCc1cc2c(cc1Br)OCO2. The summed E-state index contributed by atoms with van der Waals surface area (Å²) >= 11 is 3.51. The van der Waals surface area contributed by atoms with E-state index in [0.29, 0.717) is 6.54 Å². The number of benzene rings is 1. The van der Waals surface area contributed by atoms with E-state index in [4.69, 9.17) is 14.6 Å². The smallest absolute Gasteiger partial charge is 0.231 e. The van der Waals surface area contributed by atoms with Crippen molar-refractivity contribution in [3.63, 3.8) is 0 Å². The van der Waals surface area contributed by atoms with Gasteiger partial charge in [0.25, 0.3) is 0 Å². The summed E-state index contributed by atoms with van der Waals surface area (Å²) in [6.45, 7) is 3.17. The van der Waals surface area contributed by atoms with Crippen LogP contribution in [0.1, 0.15) is 18.9 Å². The van der Waals surface area contributed by atoms with Gasteiger partial charge in [-0.05, 0) is 24.1 Å². The first-order valence-corrected chi connectivity index (χ1v) is 6.46. The molecule has 17 heavy (non-hydrogen) atoms. The first-order valence-electron chi connectivity index (χ1n) is 5.66. The van der Waals surface area contributed by atoms with Crippen LogP contribution in [0, 0.1) is 0 Å². The Kier molecular flexibility index (Phi) is 4.25. The molecule has 1 aromatic carbocycles. The quantitative estimate of drug-likeness (QED) is 0.874. The van der Waals surface area contributed by atoms with E-state index in [1.54, 1.807) is 0 Å². The summed E-state index contributed by atoms with van der Waals surface area (Å²) in [6, 6.07) is 4.01. The maximum atomic E-state index is 9.11. The normalized spacial score (nSPS) is 15.0. The molecular weight excluding hydrogens is 286 g/mol. The van der Waals surface area contributed by atoms with Gasteiger partial charge in [0, 0.05) is 17.1 Å². The molecular formula is C12H16BrNO3. The van der Waals surface area contributed by atoms with Crippen molar-refractivity contribution in [3.8, 4) is 11.5 Å². The van der Waals surface area contributed by atoms with Crippen molar-refractivity contribution in [2.24, 2.45) is 0 Å². The molecule has 1 heterocycles. The summed E-state index contributed by atoms with van der Waals surface area (Å²) in [5.41, 5.74) is 1.10. The van der Waals surface area contributed by atoms with Gasteiger partial charge in [0.2, 0.25) is 6.79 Å². The Balaban J connectivity index is 2.06. The van der Waals surface area contributed by atoms with Gasteiger partial charge in [-0.25, -0.2) is 0 Å².